The Morgan fingerprint density at radius 1 is 1.30 bits per heavy atom. The molecule has 2 aromatic carbocycles. The first kappa shape index (κ1) is 14.3. The maximum atomic E-state index is 12.3. The Balaban J connectivity index is 2.27. The number of amides is 1. The van der Waals surface area contributed by atoms with E-state index in [1.165, 1.54) is 0 Å². The predicted octanol–water partition coefficient (Wildman–Crippen LogP) is 2.58. The van der Waals surface area contributed by atoms with Crippen LogP contribution in [0.4, 0.5) is 5.69 Å². The minimum Gasteiger partial charge on any atom is -0.398 e. The summed E-state index contributed by atoms with van der Waals surface area (Å²) >= 11 is 0. The lowest BCUT2D eigenvalue weighted by Gasteiger charge is -2.17. The largest absolute Gasteiger partial charge is 0.398 e. The second kappa shape index (κ2) is 6.39. The van der Waals surface area contributed by atoms with Crippen molar-refractivity contribution in [2.75, 3.05) is 19.5 Å². The van der Waals surface area contributed by atoms with E-state index in [-0.39, 0.29) is 11.9 Å². The first-order valence-electron chi connectivity index (χ1n) is 6.73. The average Bonchev–Trinajstić information content (AvgIpc) is 2.45. The topological polar surface area (TPSA) is 64.3 Å². The van der Waals surface area contributed by atoms with Gasteiger partial charge in [-0.15, -0.1) is 0 Å². The van der Waals surface area contributed by atoms with E-state index in [9.17, 15) is 4.79 Å². The molecule has 0 saturated heterocycles. The summed E-state index contributed by atoms with van der Waals surface area (Å²) in [5, 5.41) is 4.98. The van der Waals surface area contributed by atoms with Crippen LogP contribution >= 0.6 is 0 Å². The highest BCUT2D eigenvalue weighted by Crippen LogP contribution is 2.22. The molecular formula is C16H20N2O2. The lowest BCUT2D eigenvalue weighted by molar-refractivity contribution is 0.0895. The Morgan fingerprint density at radius 3 is 2.55 bits per heavy atom. The lowest BCUT2D eigenvalue weighted by atomic mass is 10.0. The monoisotopic (exact) mass is 272 g/mol. The lowest BCUT2D eigenvalue weighted by Crippen LogP contribution is -2.37. The molecule has 1 unspecified atom stereocenters. The first-order chi connectivity index (χ1) is 9.65. The molecule has 0 spiro atoms. The van der Waals surface area contributed by atoms with E-state index < -0.39 is 0 Å². The highest BCUT2D eigenvalue weighted by Gasteiger charge is 2.15. The van der Waals surface area contributed by atoms with Gasteiger partial charge in [-0.05, 0) is 29.3 Å². The molecule has 0 aliphatic carbocycles. The van der Waals surface area contributed by atoms with E-state index in [1.807, 2.05) is 43.3 Å². The molecule has 0 radical (unpaired) electrons. The summed E-state index contributed by atoms with van der Waals surface area (Å²) in [6, 6.07) is 11.5. The van der Waals surface area contributed by atoms with Gasteiger partial charge in [0.1, 0.15) is 0 Å². The Hall–Kier alpha value is -2.07. The summed E-state index contributed by atoms with van der Waals surface area (Å²) in [4.78, 5) is 12.3. The fraction of sp³-hybridized carbons (Fsp3) is 0.312. The summed E-state index contributed by atoms with van der Waals surface area (Å²) < 4.78 is 5.09. The molecule has 3 N–H and O–H groups in total. The molecule has 2 aromatic rings. The summed E-state index contributed by atoms with van der Waals surface area (Å²) in [7, 11) is 1.62. The number of benzene rings is 2. The van der Waals surface area contributed by atoms with Crippen molar-refractivity contribution in [2.45, 2.75) is 19.4 Å². The molecule has 0 bridgehead atoms. The van der Waals surface area contributed by atoms with Crippen LogP contribution in [0.1, 0.15) is 23.7 Å². The highest BCUT2D eigenvalue weighted by molar-refractivity contribution is 6.04. The molecule has 106 valence electrons. The van der Waals surface area contributed by atoms with Gasteiger partial charge in [-0.1, -0.05) is 31.2 Å². The standard InChI is InChI=1S/C16H20N2O2/c1-3-13(10-20-2)18-16(19)14-8-11-6-4-5-7-12(11)9-15(14)17/h4-9,13H,3,10,17H2,1-2H3,(H,18,19). The van der Waals surface area contributed by atoms with Crippen molar-refractivity contribution < 1.29 is 9.53 Å². The fourth-order valence-electron chi connectivity index (χ4n) is 2.18. The molecule has 20 heavy (non-hydrogen) atoms. The van der Waals surface area contributed by atoms with Crippen molar-refractivity contribution >= 4 is 22.4 Å². The summed E-state index contributed by atoms with van der Waals surface area (Å²) in [5.41, 5.74) is 6.99. The van der Waals surface area contributed by atoms with Crippen molar-refractivity contribution in [1.29, 1.82) is 0 Å². The van der Waals surface area contributed by atoms with Crippen LogP contribution < -0.4 is 11.1 Å². The van der Waals surface area contributed by atoms with Gasteiger partial charge < -0.3 is 15.8 Å². The maximum absolute atomic E-state index is 12.3. The van der Waals surface area contributed by atoms with Crippen LogP contribution in [0, 0.1) is 0 Å². The first-order valence-corrected chi connectivity index (χ1v) is 6.73. The quantitative estimate of drug-likeness (QED) is 0.822. The predicted molar refractivity (Wildman–Crippen MR) is 81.8 cm³/mol. The number of nitrogens with one attached hydrogen (secondary N) is 1. The molecule has 4 nitrogen and oxygen atoms in total. The van der Waals surface area contributed by atoms with E-state index in [0.717, 1.165) is 17.2 Å². The number of anilines is 1. The van der Waals surface area contributed by atoms with E-state index in [4.69, 9.17) is 10.5 Å². The molecule has 0 aliphatic rings. The molecule has 1 atom stereocenters. The number of fused-ring (bicyclic) bond motifs is 1. The number of nitrogen functional groups attached to an aromatic ring is 1. The Morgan fingerprint density at radius 2 is 1.95 bits per heavy atom. The van der Waals surface area contributed by atoms with Crippen LogP contribution in [0.5, 0.6) is 0 Å². The van der Waals surface area contributed by atoms with Crippen LogP contribution in [0.2, 0.25) is 0 Å². The molecule has 2 rings (SSSR count). The van der Waals surface area contributed by atoms with Gasteiger partial charge in [-0.3, -0.25) is 4.79 Å². The van der Waals surface area contributed by atoms with Crippen LogP contribution in [-0.4, -0.2) is 25.7 Å². The van der Waals surface area contributed by atoms with E-state index in [0.29, 0.717) is 17.9 Å². The van der Waals surface area contributed by atoms with Crippen LogP contribution in [-0.2, 0) is 4.74 Å². The highest BCUT2D eigenvalue weighted by atomic mass is 16.5. The van der Waals surface area contributed by atoms with Crippen LogP contribution in [0.15, 0.2) is 36.4 Å². The van der Waals surface area contributed by atoms with Crippen molar-refractivity contribution in [3.63, 3.8) is 0 Å². The molecule has 0 heterocycles. The number of nitrogens with two attached hydrogens (primary N) is 1. The van der Waals surface area contributed by atoms with Gasteiger partial charge in [0, 0.05) is 12.8 Å². The number of ether oxygens (including phenoxy) is 1. The third-order valence-corrected chi connectivity index (χ3v) is 3.36. The van der Waals surface area contributed by atoms with Crippen molar-refractivity contribution in [3.8, 4) is 0 Å². The zero-order valence-corrected chi connectivity index (χ0v) is 11.8. The molecule has 0 aromatic heterocycles. The van der Waals surface area contributed by atoms with Crippen LogP contribution in [0.25, 0.3) is 10.8 Å². The van der Waals surface area contributed by atoms with Crippen molar-refractivity contribution in [1.82, 2.24) is 5.32 Å². The molecular weight excluding hydrogens is 252 g/mol. The maximum Gasteiger partial charge on any atom is 0.253 e. The number of carbonyl (C=O) groups is 1. The van der Waals surface area contributed by atoms with Gasteiger partial charge in [0.15, 0.2) is 0 Å². The molecule has 0 saturated carbocycles. The van der Waals surface area contributed by atoms with Gasteiger partial charge in [0.2, 0.25) is 0 Å². The van der Waals surface area contributed by atoms with E-state index >= 15 is 0 Å². The Labute approximate surface area is 118 Å². The molecule has 1 amide bonds. The molecule has 4 heteroatoms. The molecule has 0 aliphatic heterocycles. The smallest absolute Gasteiger partial charge is 0.253 e. The summed E-state index contributed by atoms with van der Waals surface area (Å²) in [5.74, 6) is -0.155. The van der Waals surface area contributed by atoms with Gasteiger partial charge >= 0.3 is 0 Å². The van der Waals surface area contributed by atoms with Gasteiger partial charge in [-0.25, -0.2) is 0 Å². The zero-order valence-electron chi connectivity index (χ0n) is 11.8. The van der Waals surface area contributed by atoms with Crippen LogP contribution in [0.3, 0.4) is 0 Å². The van der Waals surface area contributed by atoms with E-state index in [1.54, 1.807) is 7.11 Å². The Kier molecular flexibility index (Phi) is 4.58. The van der Waals surface area contributed by atoms with E-state index in [2.05, 4.69) is 5.32 Å². The normalized spacial score (nSPS) is 12.3. The zero-order chi connectivity index (χ0) is 14.5. The Bertz CT molecular complexity index is 610. The number of hydrogen-bond acceptors (Lipinski definition) is 3. The third-order valence-electron chi connectivity index (χ3n) is 3.36. The minimum absolute atomic E-state index is 0.00151. The summed E-state index contributed by atoms with van der Waals surface area (Å²) in [6.45, 7) is 2.50. The van der Waals surface area contributed by atoms with Gasteiger partial charge in [0.05, 0.1) is 18.2 Å². The molecule has 0 fully saturated rings. The average molecular weight is 272 g/mol. The van der Waals surface area contributed by atoms with Gasteiger partial charge in [-0.2, -0.15) is 0 Å². The van der Waals surface area contributed by atoms with Gasteiger partial charge in [0.25, 0.3) is 5.91 Å². The second-order valence-corrected chi connectivity index (χ2v) is 4.82. The summed E-state index contributed by atoms with van der Waals surface area (Å²) in [6.07, 6.45) is 0.813. The van der Waals surface area contributed by atoms with Crippen molar-refractivity contribution in [2.24, 2.45) is 0 Å². The number of rotatable bonds is 5. The SMILES string of the molecule is CCC(COC)NC(=O)c1cc2ccccc2cc1N. The van der Waals surface area contributed by atoms with Crippen molar-refractivity contribution in [3.05, 3.63) is 42.0 Å². The second-order valence-electron chi connectivity index (χ2n) is 4.82. The number of methoxy groups -OCH3 is 1. The third kappa shape index (κ3) is 3.08. The fourth-order valence-corrected chi connectivity index (χ4v) is 2.18. The minimum atomic E-state index is -0.155. The number of carbonyl (C=O) groups excluding carboxylic acids is 1. The number of hydrogen-bond donors (Lipinski definition) is 2.